The second kappa shape index (κ2) is 8.45. The van der Waals surface area contributed by atoms with E-state index in [1.54, 1.807) is 0 Å². The van der Waals surface area contributed by atoms with Gasteiger partial charge in [-0.05, 0) is 28.4 Å². The molecule has 110 valence electrons. The lowest BCUT2D eigenvalue weighted by Crippen LogP contribution is -2.24. The molecule has 0 saturated heterocycles. The average Bonchev–Trinajstić information content (AvgIpc) is 2.79. The molecule has 0 unspecified atom stereocenters. The molecule has 20 heavy (non-hydrogen) atoms. The Balaban J connectivity index is 1.71. The number of ether oxygens (including phenoxy) is 1. The van der Waals surface area contributed by atoms with E-state index in [0.717, 1.165) is 43.7 Å². The van der Waals surface area contributed by atoms with Gasteiger partial charge in [0.1, 0.15) is 0 Å². The number of fused-ring (bicyclic) bond motifs is 1. The fourth-order valence-corrected chi connectivity index (χ4v) is 2.79. The van der Waals surface area contributed by atoms with Crippen molar-refractivity contribution in [3.05, 3.63) is 34.9 Å². The molecule has 0 aliphatic heterocycles. The molecular formula is C16H23BrN2O. The molecule has 1 heterocycles. The lowest BCUT2D eigenvalue weighted by atomic mass is 10.2. The lowest BCUT2D eigenvalue weighted by molar-refractivity contribution is 0.133. The van der Waals surface area contributed by atoms with Crippen LogP contribution in [-0.2, 0) is 11.3 Å². The molecule has 0 amide bonds. The number of hydrogen-bond acceptors (Lipinski definition) is 2. The molecule has 0 aliphatic rings. The Morgan fingerprint density at radius 3 is 2.90 bits per heavy atom. The zero-order valence-corrected chi connectivity index (χ0v) is 13.7. The molecule has 0 spiro atoms. The molecule has 0 bridgehead atoms. The number of rotatable bonds is 9. The number of aromatic nitrogens is 1. The van der Waals surface area contributed by atoms with Crippen LogP contribution in [0, 0.1) is 0 Å². The van der Waals surface area contributed by atoms with E-state index < -0.39 is 0 Å². The maximum Gasteiger partial charge on any atom is 0.0590 e. The van der Waals surface area contributed by atoms with Crippen LogP contribution in [0.1, 0.15) is 19.8 Å². The summed E-state index contributed by atoms with van der Waals surface area (Å²) in [6, 6.07) is 8.46. The highest BCUT2D eigenvalue weighted by Crippen LogP contribution is 2.25. The van der Waals surface area contributed by atoms with Crippen molar-refractivity contribution in [1.82, 2.24) is 9.88 Å². The van der Waals surface area contributed by atoms with Gasteiger partial charge >= 0.3 is 0 Å². The van der Waals surface area contributed by atoms with Gasteiger partial charge in [0.15, 0.2) is 0 Å². The first-order valence-electron chi connectivity index (χ1n) is 7.34. The van der Waals surface area contributed by atoms with Crippen LogP contribution in [0.25, 0.3) is 10.9 Å². The summed E-state index contributed by atoms with van der Waals surface area (Å²) in [7, 11) is 0. The minimum atomic E-state index is 0.802. The van der Waals surface area contributed by atoms with Crippen molar-refractivity contribution < 1.29 is 4.74 Å². The number of unbranched alkanes of at least 4 members (excludes halogenated alkanes) is 1. The summed E-state index contributed by atoms with van der Waals surface area (Å²) in [5, 5.41) is 4.70. The van der Waals surface area contributed by atoms with Crippen molar-refractivity contribution in [3.8, 4) is 0 Å². The van der Waals surface area contributed by atoms with E-state index >= 15 is 0 Å². The third kappa shape index (κ3) is 4.33. The Bertz CT molecular complexity index is 524. The minimum Gasteiger partial charge on any atom is -0.380 e. The fourth-order valence-electron chi connectivity index (χ4n) is 2.20. The monoisotopic (exact) mass is 338 g/mol. The summed E-state index contributed by atoms with van der Waals surface area (Å²) < 4.78 is 8.97. The van der Waals surface area contributed by atoms with Gasteiger partial charge in [-0.15, -0.1) is 0 Å². The molecular weight excluding hydrogens is 316 g/mol. The summed E-state index contributed by atoms with van der Waals surface area (Å²) in [6.45, 7) is 6.72. The van der Waals surface area contributed by atoms with E-state index in [1.165, 1.54) is 17.3 Å². The fraction of sp³-hybridized carbons (Fsp3) is 0.500. The van der Waals surface area contributed by atoms with Gasteiger partial charge in [0.25, 0.3) is 0 Å². The number of nitrogens with one attached hydrogen (secondary N) is 1. The van der Waals surface area contributed by atoms with Gasteiger partial charge in [0.05, 0.1) is 6.61 Å². The summed E-state index contributed by atoms with van der Waals surface area (Å²) >= 11 is 3.61. The third-order valence-electron chi connectivity index (χ3n) is 3.33. The van der Waals surface area contributed by atoms with Crippen molar-refractivity contribution in [2.24, 2.45) is 0 Å². The maximum absolute atomic E-state index is 5.52. The van der Waals surface area contributed by atoms with Gasteiger partial charge in [-0.1, -0.05) is 31.5 Å². The first kappa shape index (κ1) is 15.5. The minimum absolute atomic E-state index is 0.802. The SMILES string of the molecule is CCCCOCCNCCn1cc(Br)c2ccccc21. The van der Waals surface area contributed by atoms with Crippen LogP contribution >= 0.6 is 15.9 Å². The first-order valence-corrected chi connectivity index (χ1v) is 8.14. The second-order valence-electron chi connectivity index (χ2n) is 4.90. The highest BCUT2D eigenvalue weighted by molar-refractivity contribution is 9.10. The average molecular weight is 339 g/mol. The second-order valence-corrected chi connectivity index (χ2v) is 5.76. The van der Waals surface area contributed by atoms with E-state index in [9.17, 15) is 0 Å². The van der Waals surface area contributed by atoms with Crippen LogP contribution in [-0.4, -0.2) is 30.9 Å². The number of hydrogen-bond donors (Lipinski definition) is 1. The van der Waals surface area contributed by atoms with E-state index in [-0.39, 0.29) is 0 Å². The Hall–Kier alpha value is -0.840. The van der Waals surface area contributed by atoms with Crippen LogP contribution in [0.4, 0.5) is 0 Å². The normalized spacial score (nSPS) is 11.3. The molecule has 1 N–H and O–H groups in total. The van der Waals surface area contributed by atoms with Gasteiger partial charge in [-0.2, -0.15) is 0 Å². The Morgan fingerprint density at radius 1 is 1.20 bits per heavy atom. The molecule has 0 aliphatic carbocycles. The van der Waals surface area contributed by atoms with Crippen LogP contribution in [0.5, 0.6) is 0 Å². The van der Waals surface area contributed by atoms with Crippen LogP contribution < -0.4 is 5.32 Å². The van der Waals surface area contributed by atoms with Gasteiger partial charge in [0.2, 0.25) is 0 Å². The Kier molecular flexibility index (Phi) is 6.57. The highest BCUT2D eigenvalue weighted by Gasteiger charge is 2.04. The number of halogens is 1. The van der Waals surface area contributed by atoms with E-state index in [0.29, 0.717) is 0 Å². The molecule has 0 atom stereocenters. The quantitative estimate of drug-likeness (QED) is 0.703. The van der Waals surface area contributed by atoms with Crippen molar-refractivity contribution in [3.63, 3.8) is 0 Å². The number of benzene rings is 1. The summed E-state index contributed by atoms with van der Waals surface area (Å²) in [5.74, 6) is 0. The van der Waals surface area contributed by atoms with Crippen LogP contribution in [0.3, 0.4) is 0 Å². The molecule has 2 rings (SSSR count). The van der Waals surface area contributed by atoms with E-state index in [1.807, 2.05) is 0 Å². The molecule has 2 aromatic rings. The summed E-state index contributed by atoms with van der Waals surface area (Å²) in [4.78, 5) is 0. The molecule has 1 aromatic heterocycles. The molecule has 0 radical (unpaired) electrons. The molecule has 3 nitrogen and oxygen atoms in total. The van der Waals surface area contributed by atoms with E-state index in [4.69, 9.17) is 4.74 Å². The van der Waals surface area contributed by atoms with Gasteiger partial charge in [-0.25, -0.2) is 0 Å². The molecule has 0 saturated carbocycles. The van der Waals surface area contributed by atoms with Crippen molar-refractivity contribution in [2.75, 3.05) is 26.3 Å². The van der Waals surface area contributed by atoms with Crippen LogP contribution in [0.15, 0.2) is 34.9 Å². The number of para-hydroxylation sites is 1. The Morgan fingerprint density at radius 2 is 2.05 bits per heavy atom. The largest absolute Gasteiger partial charge is 0.380 e. The molecule has 1 aromatic carbocycles. The van der Waals surface area contributed by atoms with Gasteiger partial charge in [0, 0.05) is 47.8 Å². The molecule has 4 heteroatoms. The maximum atomic E-state index is 5.52. The lowest BCUT2D eigenvalue weighted by Gasteiger charge is -2.08. The van der Waals surface area contributed by atoms with Gasteiger partial charge < -0.3 is 14.6 Å². The molecule has 0 fully saturated rings. The highest BCUT2D eigenvalue weighted by atomic mass is 79.9. The van der Waals surface area contributed by atoms with E-state index in [2.05, 4.69) is 63.2 Å². The summed E-state index contributed by atoms with van der Waals surface area (Å²) in [6.07, 6.45) is 4.51. The zero-order chi connectivity index (χ0) is 14.2. The van der Waals surface area contributed by atoms with Crippen LogP contribution in [0.2, 0.25) is 0 Å². The van der Waals surface area contributed by atoms with Crippen molar-refractivity contribution >= 4 is 26.8 Å². The topological polar surface area (TPSA) is 26.2 Å². The van der Waals surface area contributed by atoms with Crippen molar-refractivity contribution in [2.45, 2.75) is 26.3 Å². The zero-order valence-electron chi connectivity index (χ0n) is 12.1. The van der Waals surface area contributed by atoms with Crippen molar-refractivity contribution in [1.29, 1.82) is 0 Å². The number of nitrogens with zero attached hydrogens (tertiary/aromatic N) is 1. The first-order chi connectivity index (χ1) is 9.83. The van der Waals surface area contributed by atoms with Gasteiger partial charge in [-0.3, -0.25) is 0 Å². The predicted molar refractivity (Wildman–Crippen MR) is 88.2 cm³/mol. The third-order valence-corrected chi connectivity index (χ3v) is 3.97. The standard InChI is InChI=1S/C16H23BrN2O/c1-2-3-11-20-12-9-18-8-10-19-13-15(17)14-6-4-5-7-16(14)19/h4-7,13,18H,2-3,8-12H2,1H3. The predicted octanol–water partition coefficient (Wildman–Crippen LogP) is 3.81. The Labute approximate surface area is 129 Å². The summed E-state index contributed by atoms with van der Waals surface area (Å²) in [5.41, 5.74) is 1.28. The smallest absolute Gasteiger partial charge is 0.0590 e.